The number of aryl methyl sites for hydroxylation is 1. The van der Waals surface area contributed by atoms with Crippen LogP contribution >= 0.6 is 0 Å². The second kappa shape index (κ2) is 10.4. The van der Waals surface area contributed by atoms with Crippen LogP contribution in [0.25, 0.3) is 22.8 Å². The van der Waals surface area contributed by atoms with Crippen LogP contribution in [0.1, 0.15) is 16.8 Å². The molecular formula is C23H21F3N8O2. The number of aromatic nitrogens is 5. The van der Waals surface area contributed by atoms with Gasteiger partial charge in [0.05, 0.1) is 29.6 Å². The van der Waals surface area contributed by atoms with E-state index in [2.05, 4.69) is 37.1 Å². The lowest BCUT2D eigenvalue weighted by Gasteiger charge is -2.10. The average molecular weight is 498 g/mol. The van der Waals surface area contributed by atoms with E-state index < -0.39 is 11.7 Å². The number of rotatable bonds is 9. The lowest BCUT2D eigenvalue weighted by Crippen LogP contribution is -2.09. The van der Waals surface area contributed by atoms with Gasteiger partial charge in [-0.05, 0) is 11.6 Å². The van der Waals surface area contributed by atoms with E-state index in [-0.39, 0.29) is 18.4 Å². The molecule has 36 heavy (non-hydrogen) atoms. The number of alkyl halides is 3. The number of pyridine rings is 1. The highest BCUT2D eigenvalue weighted by Gasteiger charge is 2.30. The fourth-order valence-corrected chi connectivity index (χ4v) is 3.22. The monoisotopic (exact) mass is 498 g/mol. The smallest absolute Gasteiger partial charge is 0.417 e. The lowest BCUT2D eigenvalue weighted by atomic mass is 10.1. The van der Waals surface area contributed by atoms with Gasteiger partial charge in [0.1, 0.15) is 6.61 Å². The first-order valence-electron chi connectivity index (χ1n) is 10.6. The third kappa shape index (κ3) is 5.74. The minimum Gasteiger partial charge on any atom is -0.471 e. The van der Waals surface area contributed by atoms with Crippen LogP contribution in [0.5, 0.6) is 5.88 Å². The van der Waals surface area contributed by atoms with Crippen molar-refractivity contribution in [2.24, 2.45) is 17.4 Å². The average Bonchev–Trinajstić information content (AvgIpc) is 3.48. The van der Waals surface area contributed by atoms with Gasteiger partial charge in [-0.3, -0.25) is 9.69 Å². The predicted molar refractivity (Wildman–Crippen MR) is 122 cm³/mol. The van der Waals surface area contributed by atoms with Crippen LogP contribution in [0, 0.1) is 0 Å². The summed E-state index contributed by atoms with van der Waals surface area (Å²) in [5.74, 6) is 0.653. The normalized spacial score (nSPS) is 11.7. The fraction of sp³-hybridized carbons (Fsp3) is 0.217. The Morgan fingerprint density at radius 1 is 1.17 bits per heavy atom. The zero-order valence-electron chi connectivity index (χ0n) is 19.3. The van der Waals surface area contributed by atoms with Crippen molar-refractivity contribution in [2.75, 3.05) is 7.05 Å². The molecule has 0 amide bonds. The molecular weight excluding hydrogens is 477 g/mol. The largest absolute Gasteiger partial charge is 0.471 e. The molecule has 1 aromatic carbocycles. The molecule has 0 spiro atoms. The highest BCUT2D eigenvalue weighted by atomic mass is 19.4. The molecule has 0 unspecified atom stereocenters. The van der Waals surface area contributed by atoms with Gasteiger partial charge in [-0.25, -0.2) is 4.98 Å². The molecule has 3 aromatic heterocycles. The van der Waals surface area contributed by atoms with Gasteiger partial charge in [0.15, 0.2) is 0 Å². The number of benzene rings is 1. The Kier molecular flexibility index (Phi) is 7.08. The Bertz CT molecular complexity index is 1350. The molecule has 4 rings (SSSR count). The van der Waals surface area contributed by atoms with Crippen LogP contribution < -0.4 is 4.74 Å². The summed E-state index contributed by atoms with van der Waals surface area (Å²) in [6, 6.07) is 9.65. The summed E-state index contributed by atoms with van der Waals surface area (Å²) in [7, 11) is 3.50. The van der Waals surface area contributed by atoms with E-state index in [1.165, 1.54) is 6.20 Å². The van der Waals surface area contributed by atoms with Crippen LogP contribution in [0.2, 0.25) is 0 Å². The van der Waals surface area contributed by atoms with Gasteiger partial charge in [0, 0.05) is 38.1 Å². The molecule has 10 nitrogen and oxygen atoms in total. The van der Waals surface area contributed by atoms with Crippen LogP contribution in [0.15, 0.2) is 76.4 Å². The molecule has 0 aliphatic carbocycles. The zero-order chi connectivity index (χ0) is 25.7. The molecule has 186 valence electrons. The number of hydrogen-bond acceptors (Lipinski definition) is 8. The Morgan fingerprint density at radius 2 is 1.94 bits per heavy atom. The van der Waals surface area contributed by atoms with Gasteiger partial charge in [-0.1, -0.05) is 41.2 Å². The second-order valence-corrected chi connectivity index (χ2v) is 7.62. The van der Waals surface area contributed by atoms with Crippen LogP contribution in [-0.2, 0) is 26.4 Å². The molecule has 0 atom stereocenters. The van der Waals surface area contributed by atoms with Crippen LogP contribution in [0.3, 0.4) is 0 Å². The van der Waals surface area contributed by atoms with Crippen molar-refractivity contribution in [1.82, 2.24) is 29.9 Å². The van der Waals surface area contributed by atoms with E-state index in [1.54, 1.807) is 30.0 Å². The van der Waals surface area contributed by atoms with Crippen molar-refractivity contribution in [3.8, 4) is 28.7 Å². The minimum absolute atomic E-state index is 0.0205. The minimum atomic E-state index is -4.47. The van der Waals surface area contributed by atoms with E-state index in [0.29, 0.717) is 23.6 Å². The van der Waals surface area contributed by atoms with E-state index >= 15 is 0 Å². The maximum atomic E-state index is 12.7. The highest BCUT2D eigenvalue weighted by Crippen LogP contribution is 2.30. The Balaban J connectivity index is 1.46. The van der Waals surface area contributed by atoms with Gasteiger partial charge in [-0.15, -0.1) is 5.11 Å². The van der Waals surface area contributed by atoms with Gasteiger partial charge < -0.3 is 9.26 Å². The second-order valence-electron chi connectivity index (χ2n) is 7.62. The van der Waals surface area contributed by atoms with Crippen molar-refractivity contribution in [3.63, 3.8) is 0 Å². The maximum Gasteiger partial charge on any atom is 0.417 e. The van der Waals surface area contributed by atoms with E-state index in [9.17, 15) is 13.2 Å². The number of ether oxygens (including phenoxy) is 1. The molecule has 0 aliphatic heterocycles. The number of halogens is 3. The first kappa shape index (κ1) is 24.6. The fourth-order valence-electron chi connectivity index (χ4n) is 3.22. The molecule has 0 fully saturated rings. The van der Waals surface area contributed by atoms with E-state index in [1.807, 2.05) is 24.3 Å². The van der Waals surface area contributed by atoms with Crippen molar-refractivity contribution < 1.29 is 22.4 Å². The predicted octanol–water partition coefficient (Wildman–Crippen LogP) is 5.07. The summed E-state index contributed by atoms with van der Waals surface area (Å²) in [5, 5.41) is 17.6. The Morgan fingerprint density at radius 3 is 2.61 bits per heavy atom. The summed E-state index contributed by atoms with van der Waals surface area (Å²) in [6.45, 7) is 4.03. The molecule has 3 heterocycles. The van der Waals surface area contributed by atoms with Crippen molar-refractivity contribution >= 4 is 0 Å². The summed E-state index contributed by atoms with van der Waals surface area (Å²) < 4.78 is 50.8. The van der Waals surface area contributed by atoms with Crippen molar-refractivity contribution in [3.05, 3.63) is 78.4 Å². The first-order chi connectivity index (χ1) is 17.2. The quantitative estimate of drug-likeness (QED) is 0.234. The zero-order valence-corrected chi connectivity index (χ0v) is 19.3. The SMILES string of the molecule is C=CN=NN(C)Cc1ccc(-c2noc(-c3cnn(C)c3COc3ccc(C(F)(F)F)cn3)n2)cc1. The summed E-state index contributed by atoms with van der Waals surface area (Å²) in [6.07, 6.45) is -0.839. The summed E-state index contributed by atoms with van der Waals surface area (Å²) >= 11 is 0. The van der Waals surface area contributed by atoms with Crippen LogP contribution in [0.4, 0.5) is 13.2 Å². The summed E-state index contributed by atoms with van der Waals surface area (Å²) in [5.41, 5.74) is 2.02. The molecule has 0 radical (unpaired) electrons. The lowest BCUT2D eigenvalue weighted by molar-refractivity contribution is -0.137. The van der Waals surface area contributed by atoms with Gasteiger partial charge in [0.2, 0.25) is 11.7 Å². The molecule has 0 bridgehead atoms. The van der Waals surface area contributed by atoms with Crippen LogP contribution in [-0.4, -0.2) is 37.0 Å². The molecule has 4 aromatic rings. The third-order valence-electron chi connectivity index (χ3n) is 5.05. The Labute approximate surface area is 203 Å². The third-order valence-corrected chi connectivity index (χ3v) is 5.05. The van der Waals surface area contributed by atoms with Gasteiger partial charge in [0.25, 0.3) is 5.89 Å². The molecule has 0 saturated carbocycles. The standard InChI is InChI=1S/C23H21F3N8O2/c1-4-28-32-33(2)13-15-5-7-16(8-6-15)21-30-22(36-31-21)18-12-29-34(3)19(18)14-35-20-10-9-17(11-27-20)23(24,25)26/h4-12H,1,13-14H2,2-3H3. The molecule has 0 saturated heterocycles. The van der Waals surface area contributed by atoms with E-state index in [4.69, 9.17) is 9.26 Å². The first-order valence-corrected chi connectivity index (χ1v) is 10.6. The van der Waals surface area contributed by atoms with Gasteiger partial charge in [-0.2, -0.15) is 23.3 Å². The van der Waals surface area contributed by atoms with Crippen molar-refractivity contribution in [2.45, 2.75) is 19.3 Å². The van der Waals surface area contributed by atoms with E-state index in [0.717, 1.165) is 29.5 Å². The number of nitrogens with zero attached hydrogens (tertiary/aromatic N) is 8. The molecule has 0 N–H and O–H groups in total. The molecule has 13 heteroatoms. The Hall–Kier alpha value is -4.55. The van der Waals surface area contributed by atoms with Crippen molar-refractivity contribution in [1.29, 1.82) is 0 Å². The van der Waals surface area contributed by atoms with Gasteiger partial charge >= 0.3 is 6.18 Å². The number of hydrogen-bond donors (Lipinski definition) is 0. The molecule has 0 aliphatic rings. The highest BCUT2D eigenvalue weighted by molar-refractivity contribution is 5.61. The topological polar surface area (TPSA) is 107 Å². The maximum absolute atomic E-state index is 12.7. The summed E-state index contributed by atoms with van der Waals surface area (Å²) in [4.78, 5) is 8.19.